The lowest BCUT2D eigenvalue weighted by Gasteiger charge is -2.18. The quantitative estimate of drug-likeness (QED) is 0.0366. The second kappa shape index (κ2) is 36.2. The third kappa shape index (κ3) is 36.0. The molecule has 0 saturated carbocycles. The summed E-state index contributed by atoms with van der Waals surface area (Å²) < 4.78 is 16.6. The van der Waals surface area contributed by atoms with E-state index >= 15 is 0 Å². The number of carbonyl (C=O) groups is 3. The first-order valence-electron chi connectivity index (χ1n) is 21.3. The Labute approximate surface area is 304 Å². The molecule has 6 heteroatoms. The molecule has 0 aliphatic heterocycles. The molecule has 0 rings (SSSR count). The summed E-state index contributed by atoms with van der Waals surface area (Å²) in [7, 11) is 0. The first-order valence-corrected chi connectivity index (χ1v) is 21.3. The zero-order chi connectivity index (χ0) is 36.2. The number of ether oxygens (including phenoxy) is 3. The SMILES string of the molecule is CCCCCCCCCCCCC(=O)OC[C@@H](COC(=O)CCCCCCCCC(C)C)OC(=O)CCCCCCCCCCC(C)CC. The van der Waals surface area contributed by atoms with Gasteiger partial charge in [0.1, 0.15) is 13.2 Å². The fraction of sp³-hybridized carbons (Fsp3) is 0.930. The molecular weight excluding hydrogens is 612 g/mol. The molecule has 0 aromatic carbocycles. The highest BCUT2D eigenvalue weighted by atomic mass is 16.6. The van der Waals surface area contributed by atoms with E-state index in [0.717, 1.165) is 69.6 Å². The summed E-state index contributed by atoms with van der Waals surface area (Å²) in [6.07, 6.45) is 32.4. The molecule has 290 valence electrons. The molecule has 0 amide bonds. The standard InChI is InChI=1S/C43H82O6/c1-6-8-9-10-11-12-13-17-23-28-33-41(44)47-36-40(37-48-42(45)34-29-24-20-19-21-26-31-38(3)4)49-43(46)35-30-25-18-15-14-16-22-27-32-39(5)7-2/h38-40H,6-37H2,1-5H3/t39?,40-/m0/s1. The van der Waals surface area contributed by atoms with Gasteiger partial charge in [-0.15, -0.1) is 0 Å². The molecule has 0 fully saturated rings. The first kappa shape index (κ1) is 47.4. The van der Waals surface area contributed by atoms with Crippen molar-refractivity contribution in [3.8, 4) is 0 Å². The van der Waals surface area contributed by atoms with Crippen LogP contribution in [0.25, 0.3) is 0 Å². The van der Waals surface area contributed by atoms with E-state index in [1.165, 1.54) is 116 Å². The molecule has 0 aliphatic carbocycles. The van der Waals surface area contributed by atoms with Crippen LogP contribution in [0.4, 0.5) is 0 Å². The van der Waals surface area contributed by atoms with E-state index in [1.807, 2.05) is 0 Å². The maximum Gasteiger partial charge on any atom is 0.306 e. The van der Waals surface area contributed by atoms with Crippen molar-refractivity contribution in [2.75, 3.05) is 13.2 Å². The van der Waals surface area contributed by atoms with Gasteiger partial charge in [0, 0.05) is 19.3 Å². The molecule has 0 saturated heterocycles. The summed E-state index contributed by atoms with van der Waals surface area (Å²) in [5, 5.41) is 0. The third-order valence-corrected chi connectivity index (χ3v) is 9.83. The molecule has 1 unspecified atom stereocenters. The van der Waals surface area contributed by atoms with Crippen LogP contribution in [0, 0.1) is 11.8 Å². The maximum absolute atomic E-state index is 12.7. The van der Waals surface area contributed by atoms with Crippen molar-refractivity contribution in [1.82, 2.24) is 0 Å². The molecule has 6 nitrogen and oxygen atoms in total. The predicted octanol–water partition coefficient (Wildman–Crippen LogP) is 13.0. The van der Waals surface area contributed by atoms with Gasteiger partial charge < -0.3 is 14.2 Å². The minimum absolute atomic E-state index is 0.0664. The molecular formula is C43H82O6. The lowest BCUT2D eigenvalue weighted by molar-refractivity contribution is -0.167. The highest BCUT2D eigenvalue weighted by Gasteiger charge is 2.19. The maximum atomic E-state index is 12.7. The lowest BCUT2D eigenvalue weighted by Crippen LogP contribution is -2.30. The number of unbranched alkanes of at least 4 members (excludes halogenated alkanes) is 21. The van der Waals surface area contributed by atoms with Crippen LogP contribution in [0.15, 0.2) is 0 Å². The van der Waals surface area contributed by atoms with Crippen LogP contribution in [0.3, 0.4) is 0 Å². The van der Waals surface area contributed by atoms with Crippen LogP contribution in [0.1, 0.15) is 227 Å². The number of rotatable bonds is 37. The third-order valence-electron chi connectivity index (χ3n) is 9.83. The van der Waals surface area contributed by atoms with Crippen molar-refractivity contribution in [3.05, 3.63) is 0 Å². The van der Waals surface area contributed by atoms with Crippen LogP contribution in [0.5, 0.6) is 0 Å². The Morgan fingerprint density at radius 2 is 0.776 bits per heavy atom. The molecule has 0 heterocycles. The average molecular weight is 695 g/mol. The summed E-state index contributed by atoms with van der Waals surface area (Å²) >= 11 is 0. The zero-order valence-corrected chi connectivity index (χ0v) is 33.3. The molecule has 49 heavy (non-hydrogen) atoms. The van der Waals surface area contributed by atoms with Gasteiger partial charge in [-0.05, 0) is 31.1 Å². The van der Waals surface area contributed by atoms with Crippen LogP contribution < -0.4 is 0 Å². The van der Waals surface area contributed by atoms with Gasteiger partial charge in [0.15, 0.2) is 6.10 Å². The first-order chi connectivity index (χ1) is 23.8. The summed E-state index contributed by atoms with van der Waals surface area (Å²) in [6, 6.07) is 0. The van der Waals surface area contributed by atoms with Crippen LogP contribution in [-0.2, 0) is 28.6 Å². The fourth-order valence-electron chi connectivity index (χ4n) is 6.19. The molecule has 0 N–H and O–H groups in total. The monoisotopic (exact) mass is 695 g/mol. The van der Waals surface area contributed by atoms with E-state index in [4.69, 9.17) is 14.2 Å². The molecule has 0 aliphatic rings. The Morgan fingerprint density at radius 3 is 1.16 bits per heavy atom. The number of hydrogen-bond acceptors (Lipinski definition) is 6. The Bertz CT molecular complexity index is 751. The lowest BCUT2D eigenvalue weighted by atomic mass is 9.99. The Balaban J connectivity index is 4.36. The minimum Gasteiger partial charge on any atom is -0.462 e. The number of carbonyl (C=O) groups excluding carboxylic acids is 3. The highest BCUT2D eigenvalue weighted by molar-refractivity contribution is 5.71. The van der Waals surface area contributed by atoms with Crippen molar-refractivity contribution >= 4 is 17.9 Å². The minimum atomic E-state index is -0.760. The molecule has 0 spiro atoms. The topological polar surface area (TPSA) is 78.9 Å². The van der Waals surface area contributed by atoms with E-state index in [-0.39, 0.29) is 31.1 Å². The second-order valence-electron chi connectivity index (χ2n) is 15.3. The molecule has 0 bridgehead atoms. The van der Waals surface area contributed by atoms with Crippen LogP contribution >= 0.6 is 0 Å². The molecule has 2 atom stereocenters. The largest absolute Gasteiger partial charge is 0.462 e. The smallest absolute Gasteiger partial charge is 0.306 e. The second-order valence-corrected chi connectivity index (χ2v) is 15.3. The van der Waals surface area contributed by atoms with Gasteiger partial charge in [0.2, 0.25) is 0 Å². The van der Waals surface area contributed by atoms with Gasteiger partial charge in [0.05, 0.1) is 0 Å². The Hall–Kier alpha value is -1.59. The van der Waals surface area contributed by atoms with Crippen LogP contribution in [0.2, 0.25) is 0 Å². The Morgan fingerprint density at radius 1 is 0.429 bits per heavy atom. The van der Waals surface area contributed by atoms with Crippen molar-refractivity contribution in [3.63, 3.8) is 0 Å². The summed E-state index contributed by atoms with van der Waals surface area (Å²) in [4.78, 5) is 37.5. The van der Waals surface area contributed by atoms with E-state index in [0.29, 0.717) is 19.3 Å². The normalized spacial score (nSPS) is 12.6. The van der Waals surface area contributed by atoms with Crippen molar-refractivity contribution in [2.45, 2.75) is 233 Å². The van der Waals surface area contributed by atoms with Gasteiger partial charge in [-0.3, -0.25) is 14.4 Å². The highest BCUT2D eigenvalue weighted by Crippen LogP contribution is 2.16. The van der Waals surface area contributed by atoms with Crippen molar-refractivity contribution in [1.29, 1.82) is 0 Å². The van der Waals surface area contributed by atoms with Gasteiger partial charge >= 0.3 is 17.9 Å². The average Bonchev–Trinajstić information content (AvgIpc) is 3.08. The summed E-state index contributed by atoms with van der Waals surface area (Å²) in [5.41, 5.74) is 0. The molecule has 0 aromatic rings. The van der Waals surface area contributed by atoms with E-state index < -0.39 is 6.10 Å². The van der Waals surface area contributed by atoms with E-state index in [9.17, 15) is 14.4 Å². The van der Waals surface area contributed by atoms with Gasteiger partial charge in [-0.2, -0.15) is 0 Å². The molecule has 0 aromatic heterocycles. The molecule has 0 radical (unpaired) electrons. The van der Waals surface area contributed by atoms with Crippen molar-refractivity contribution in [2.24, 2.45) is 11.8 Å². The summed E-state index contributed by atoms with van der Waals surface area (Å²) in [5.74, 6) is 0.739. The number of esters is 3. The Kier molecular flexibility index (Phi) is 35.0. The van der Waals surface area contributed by atoms with Gasteiger partial charge in [-0.1, -0.05) is 189 Å². The van der Waals surface area contributed by atoms with E-state index in [2.05, 4.69) is 34.6 Å². The predicted molar refractivity (Wildman–Crippen MR) is 206 cm³/mol. The fourth-order valence-corrected chi connectivity index (χ4v) is 6.19. The van der Waals surface area contributed by atoms with Gasteiger partial charge in [0.25, 0.3) is 0 Å². The zero-order valence-electron chi connectivity index (χ0n) is 33.3. The van der Waals surface area contributed by atoms with E-state index in [1.54, 1.807) is 0 Å². The van der Waals surface area contributed by atoms with Crippen LogP contribution in [-0.4, -0.2) is 37.2 Å². The number of hydrogen-bond donors (Lipinski definition) is 0. The van der Waals surface area contributed by atoms with Crippen molar-refractivity contribution < 1.29 is 28.6 Å². The summed E-state index contributed by atoms with van der Waals surface area (Å²) in [6.45, 7) is 11.2. The van der Waals surface area contributed by atoms with Gasteiger partial charge in [-0.25, -0.2) is 0 Å².